The monoisotopic (exact) mass is 338 g/mol. The Morgan fingerprint density at radius 3 is 2.48 bits per heavy atom. The molecule has 1 aromatic heterocycles. The van der Waals surface area contributed by atoms with Crippen LogP contribution in [0.15, 0.2) is 36.7 Å². The molecule has 1 aliphatic heterocycles. The van der Waals surface area contributed by atoms with Crippen LogP contribution in [-0.4, -0.2) is 45.3 Å². The van der Waals surface area contributed by atoms with E-state index in [0.29, 0.717) is 30.1 Å². The third-order valence-electron chi connectivity index (χ3n) is 4.54. The molecule has 7 heteroatoms. The van der Waals surface area contributed by atoms with Gasteiger partial charge in [0.2, 0.25) is 5.91 Å². The van der Waals surface area contributed by atoms with Gasteiger partial charge in [-0.25, -0.2) is 4.98 Å². The SMILES string of the molecule is O=C(CN1C(=O)c2ccccc2C1=O)NCCn1ccnc1C1CC1. The summed E-state index contributed by atoms with van der Waals surface area (Å²) >= 11 is 0. The van der Waals surface area contributed by atoms with E-state index in [0.717, 1.165) is 10.7 Å². The minimum atomic E-state index is -0.415. The standard InChI is InChI=1S/C18H18N4O3/c23-15(19-7-9-21-10-8-20-16(21)12-5-6-12)11-22-17(24)13-3-1-2-4-14(13)18(22)25/h1-4,8,10,12H,5-7,9,11H2,(H,19,23). The van der Waals surface area contributed by atoms with Crippen molar-refractivity contribution in [2.24, 2.45) is 0 Å². The van der Waals surface area contributed by atoms with Crippen molar-refractivity contribution < 1.29 is 14.4 Å². The molecule has 0 unspecified atom stereocenters. The lowest BCUT2D eigenvalue weighted by atomic mass is 10.1. The van der Waals surface area contributed by atoms with Crippen LogP contribution in [0.4, 0.5) is 0 Å². The number of carbonyl (C=O) groups is 3. The van der Waals surface area contributed by atoms with E-state index in [1.165, 1.54) is 12.8 Å². The van der Waals surface area contributed by atoms with Gasteiger partial charge >= 0.3 is 0 Å². The van der Waals surface area contributed by atoms with E-state index < -0.39 is 11.8 Å². The second kappa shape index (κ2) is 6.16. The van der Waals surface area contributed by atoms with Crippen LogP contribution in [-0.2, 0) is 11.3 Å². The quantitative estimate of drug-likeness (QED) is 0.802. The fourth-order valence-electron chi connectivity index (χ4n) is 3.11. The molecule has 2 aromatic rings. The molecule has 7 nitrogen and oxygen atoms in total. The number of rotatable bonds is 6. The van der Waals surface area contributed by atoms with Crippen LogP contribution < -0.4 is 5.32 Å². The molecule has 1 saturated carbocycles. The molecule has 1 N–H and O–H groups in total. The van der Waals surface area contributed by atoms with Crippen molar-refractivity contribution in [2.75, 3.05) is 13.1 Å². The number of nitrogens with zero attached hydrogens (tertiary/aromatic N) is 3. The molecule has 0 spiro atoms. The summed E-state index contributed by atoms with van der Waals surface area (Å²) in [5.74, 6) is 0.434. The molecular weight excluding hydrogens is 320 g/mol. The Labute approximate surface area is 144 Å². The van der Waals surface area contributed by atoms with Gasteiger partial charge in [-0.3, -0.25) is 19.3 Å². The predicted octanol–water partition coefficient (Wildman–Crippen LogP) is 1.17. The molecule has 2 heterocycles. The first-order valence-electron chi connectivity index (χ1n) is 8.38. The Morgan fingerprint density at radius 2 is 1.84 bits per heavy atom. The predicted molar refractivity (Wildman–Crippen MR) is 89.0 cm³/mol. The molecule has 0 atom stereocenters. The third-order valence-corrected chi connectivity index (χ3v) is 4.54. The Bertz CT molecular complexity index is 819. The van der Waals surface area contributed by atoms with E-state index in [1.54, 1.807) is 30.5 Å². The van der Waals surface area contributed by atoms with Gasteiger partial charge in [-0.1, -0.05) is 12.1 Å². The van der Waals surface area contributed by atoms with Crippen LogP contribution >= 0.6 is 0 Å². The van der Waals surface area contributed by atoms with Crippen LogP contribution in [0.25, 0.3) is 0 Å². The maximum absolute atomic E-state index is 12.2. The van der Waals surface area contributed by atoms with Gasteiger partial charge in [0.15, 0.2) is 0 Å². The zero-order valence-electron chi connectivity index (χ0n) is 13.6. The van der Waals surface area contributed by atoms with E-state index in [1.807, 2.05) is 10.8 Å². The second-order valence-corrected chi connectivity index (χ2v) is 6.35. The Balaban J connectivity index is 1.32. The lowest BCUT2D eigenvalue weighted by Crippen LogP contribution is -2.41. The molecule has 1 aromatic carbocycles. The molecule has 1 aliphatic carbocycles. The summed E-state index contributed by atoms with van der Waals surface area (Å²) < 4.78 is 2.04. The number of amides is 3. The minimum absolute atomic E-state index is 0.258. The first-order valence-corrected chi connectivity index (χ1v) is 8.38. The summed E-state index contributed by atoms with van der Waals surface area (Å²) in [6, 6.07) is 6.62. The third kappa shape index (κ3) is 2.93. The highest BCUT2D eigenvalue weighted by molar-refractivity contribution is 6.22. The second-order valence-electron chi connectivity index (χ2n) is 6.35. The molecule has 128 valence electrons. The van der Waals surface area contributed by atoms with Gasteiger partial charge in [0, 0.05) is 31.4 Å². The van der Waals surface area contributed by atoms with E-state index in [2.05, 4.69) is 10.3 Å². The maximum Gasteiger partial charge on any atom is 0.262 e. The van der Waals surface area contributed by atoms with Gasteiger partial charge in [0.25, 0.3) is 11.8 Å². The zero-order chi connectivity index (χ0) is 17.4. The minimum Gasteiger partial charge on any atom is -0.353 e. The molecule has 0 radical (unpaired) electrons. The van der Waals surface area contributed by atoms with Crippen LogP contribution in [0.5, 0.6) is 0 Å². The number of hydrogen-bond acceptors (Lipinski definition) is 4. The summed E-state index contributed by atoms with van der Waals surface area (Å²) in [6.45, 7) is 0.795. The van der Waals surface area contributed by atoms with Gasteiger partial charge in [0.1, 0.15) is 12.4 Å². The van der Waals surface area contributed by atoms with Crippen molar-refractivity contribution in [3.8, 4) is 0 Å². The van der Waals surface area contributed by atoms with Crippen molar-refractivity contribution in [1.82, 2.24) is 19.8 Å². The van der Waals surface area contributed by atoms with Gasteiger partial charge in [-0.2, -0.15) is 0 Å². The van der Waals surface area contributed by atoms with Crippen LogP contribution in [0.3, 0.4) is 0 Å². The first-order chi connectivity index (χ1) is 12.1. The molecule has 1 fully saturated rings. The van der Waals surface area contributed by atoms with E-state index >= 15 is 0 Å². The Kier molecular flexibility index (Phi) is 3.83. The summed E-state index contributed by atoms with van der Waals surface area (Å²) in [5.41, 5.74) is 0.709. The summed E-state index contributed by atoms with van der Waals surface area (Å²) in [4.78, 5) is 42.0. The Hall–Kier alpha value is -2.96. The average Bonchev–Trinajstić information content (AvgIpc) is 3.32. The molecular formula is C18H18N4O3. The van der Waals surface area contributed by atoms with E-state index in [4.69, 9.17) is 0 Å². The number of aromatic nitrogens is 2. The average molecular weight is 338 g/mol. The Morgan fingerprint density at radius 1 is 1.16 bits per heavy atom. The van der Waals surface area contributed by atoms with E-state index in [9.17, 15) is 14.4 Å². The van der Waals surface area contributed by atoms with Gasteiger partial charge < -0.3 is 9.88 Å². The number of carbonyl (C=O) groups excluding carboxylic acids is 3. The molecule has 3 amide bonds. The number of imidazole rings is 1. The summed E-state index contributed by atoms with van der Waals surface area (Å²) in [5, 5.41) is 2.77. The highest BCUT2D eigenvalue weighted by Crippen LogP contribution is 2.38. The van der Waals surface area contributed by atoms with E-state index in [-0.39, 0.29) is 12.5 Å². The van der Waals surface area contributed by atoms with Crippen LogP contribution in [0.1, 0.15) is 45.3 Å². The van der Waals surface area contributed by atoms with Crippen molar-refractivity contribution in [2.45, 2.75) is 25.3 Å². The molecule has 25 heavy (non-hydrogen) atoms. The molecule has 0 saturated heterocycles. The maximum atomic E-state index is 12.2. The lowest BCUT2D eigenvalue weighted by Gasteiger charge is -2.14. The van der Waals surface area contributed by atoms with Crippen LogP contribution in [0.2, 0.25) is 0 Å². The lowest BCUT2D eigenvalue weighted by molar-refractivity contribution is -0.121. The first kappa shape index (κ1) is 15.6. The van der Waals surface area contributed by atoms with Crippen molar-refractivity contribution >= 4 is 17.7 Å². The topological polar surface area (TPSA) is 84.3 Å². The number of hydrogen-bond donors (Lipinski definition) is 1. The molecule has 2 aliphatic rings. The number of nitrogens with one attached hydrogen (secondary N) is 1. The highest BCUT2D eigenvalue weighted by Gasteiger charge is 2.36. The molecule has 0 bridgehead atoms. The van der Waals surface area contributed by atoms with Crippen molar-refractivity contribution in [1.29, 1.82) is 0 Å². The highest BCUT2D eigenvalue weighted by atomic mass is 16.2. The van der Waals surface area contributed by atoms with Crippen molar-refractivity contribution in [3.63, 3.8) is 0 Å². The molecule has 4 rings (SSSR count). The smallest absolute Gasteiger partial charge is 0.262 e. The van der Waals surface area contributed by atoms with Gasteiger partial charge in [-0.05, 0) is 25.0 Å². The number of benzene rings is 1. The largest absolute Gasteiger partial charge is 0.353 e. The van der Waals surface area contributed by atoms with Gasteiger partial charge in [0.05, 0.1) is 11.1 Å². The van der Waals surface area contributed by atoms with Crippen molar-refractivity contribution in [3.05, 3.63) is 53.6 Å². The number of fused-ring (bicyclic) bond motifs is 1. The van der Waals surface area contributed by atoms with Crippen LogP contribution in [0, 0.1) is 0 Å². The normalized spacial score (nSPS) is 16.2. The fourth-order valence-corrected chi connectivity index (χ4v) is 3.11. The fraction of sp³-hybridized carbons (Fsp3) is 0.333. The zero-order valence-corrected chi connectivity index (χ0v) is 13.6. The summed E-state index contributed by atoms with van der Waals surface area (Å²) in [6.07, 6.45) is 6.02. The van der Waals surface area contributed by atoms with Gasteiger partial charge in [-0.15, -0.1) is 0 Å². The number of imide groups is 1. The summed E-state index contributed by atoms with van der Waals surface area (Å²) in [7, 11) is 0.